The van der Waals surface area contributed by atoms with Gasteiger partial charge in [-0.1, -0.05) is 12.2 Å². The molecule has 1 aromatic heterocycles. The maximum absolute atomic E-state index is 5.59. The molecule has 0 saturated heterocycles. The molecule has 0 spiro atoms. The van der Waals surface area contributed by atoms with Gasteiger partial charge < -0.3 is 10.5 Å². The van der Waals surface area contributed by atoms with Gasteiger partial charge in [0.15, 0.2) is 0 Å². The molecule has 1 heterocycles. The highest BCUT2D eigenvalue weighted by molar-refractivity contribution is 5.63. The molecule has 1 aromatic rings. The lowest BCUT2D eigenvalue weighted by atomic mass is 10.1. The van der Waals surface area contributed by atoms with Crippen molar-refractivity contribution < 1.29 is 4.74 Å². The maximum atomic E-state index is 5.59. The zero-order valence-electron chi connectivity index (χ0n) is 8.40. The van der Waals surface area contributed by atoms with Crippen LogP contribution in [0.2, 0.25) is 0 Å². The molecule has 0 saturated carbocycles. The molecule has 0 radical (unpaired) electrons. The van der Waals surface area contributed by atoms with Crippen LogP contribution in [-0.2, 0) is 4.74 Å². The van der Waals surface area contributed by atoms with Crippen LogP contribution in [0, 0.1) is 0 Å². The van der Waals surface area contributed by atoms with Crippen LogP contribution in [0.1, 0.15) is 18.2 Å². The largest absolute Gasteiger partial charge is 0.504 e. The summed E-state index contributed by atoms with van der Waals surface area (Å²) in [5.41, 5.74) is 7.42. The predicted molar refractivity (Wildman–Crippen MR) is 59.4 cm³/mol. The molecule has 0 bridgehead atoms. The van der Waals surface area contributed by atoms with Gasteiger partial charge in [0.05, 0.1) is 19.1 Å². The molecule has 0 aliphatic carbocycles. The van der Waals surface area contributed by atoms with Gasteiger partial charge in [0.25, 0.3) is 0 Å². The molecular formula is C11H14N2O. The number of ether oxygens (including phenoxy) is 1. The fraction of sp³-hybridized carbons (Fsp3) is 0.182. The highest BCUT2D eigenvalue weighted by Crippen LogP contribution is 2.12. The number of nitrogens with zero attached hydrogens (tertiary/aromatic N) is 1. The number of methoxy groups -OCH3 is 1. The van der Waals surface area contributed by atoms with Gasteiger partial charge in [0.2, 0.25) is 0 Å². The Labute approximate surface area is 83.9 Å². The Morgan fingerprint density at radius 1 is 1.36 bits per heavy atom. The molecule has 0 fully saturated rings. The summed E-state index contributed by atoms with van der Waals surface area (Å²) < 4.78 is 4.83. The monoisotopic (exact) mass is 190 g/mol. The first-order chi connectivity index (χ1) is 6.77. The minimum atomic E-state index is 0.508. The van der Waals surface area contributed by atoms with Crippen molar-refractivity contribution in [3.63, 3.8) is 0 Å². The van der Waals surface area contributed by atoms with Crippen molar-refractivity contribution in [2.75, 3.05) is 12.8 Å². The summed E-state index contributed by atoms with van der Waals surface area (Å²) in [7, 11) is 1.60. The van der Waals surface area contributed by atoms with Crippen LogP contribution in [0.15, 0.2) is 24.5 Å². The van der Waals surface area contributed by atoms with Crippen LogP contribution in [0.3, 0.4) is 0 Å². The van der Waals surface area contributed by atoms with E-state index in [1.807, 2.05) is 25.1 Å². The third kappa shape index (κ3) is 2.62. The van der Waals surface area contributed by atoms with E-state index in [-0.39, 0.29) is 0 Å². The molecule has 2 N–H and O–H groups in total. The van der Waals surface area contributed by atoms with Crippen molar-refractivity contribution in [1.29, 1.82) is 0 Å². The van der Waals surface area contributed by atoms with E-state index in [1.54, 1.807) is 25.5 Å². The second-order valence-electron chi connectivity index (χ2n) is 2.75. The first-order valence-electron chi connectivity index (χ1n) is 4.36. The Balaban J connectivity index is 3.08. The molecular weight excluding hydrogens is 176 g/mol. The molecule has 74 valence electrons. The van der Waals surface area contributed by atoms with Crippen molar-refractivity contribution in [1.82, 2.24) is 4.98 Å². The summed E-state index contributed by atoms with van der Waals surface area (Å²) in [5.74, 6) is 0.508. The summed E-state index contributed by atoms with van der Waals surface area (Å²) in [6.07, 6.45) is 7.29. The molecule has 0 aliphatic rings. The molecule has 0 aliphatic heterocycles. The number of allylic oxidation sites excluding steroid dienone is 1. The summed E-state index contributed by atoms with van der Waals surface area (Å²) in [5, 5.41) is 0. The molecule has 3 nitrogen and oxygen atoms in total. The van der Waals surface area contributed by atoms with E-state index < -0.39 is 0 Å². The lowest BCUT2D eigenvalue weighted by Crippen LogP contribution is -1.94. The molecule has 3 heteroatoms. The number of nitrogen functional groups attached to an aromatic ring is 1. The Morgan fingerprint density at radius 2 is 2.14 bits per heavy atom. The Morgan fingerprint density at radius 3 is 2.79 bits per heavy atom. The molecule has 14 heavy (non-hydrogen) atoms. The van der Waals surface area contributed by atoms with Gasteiger partial charge in [-0.2, -0.15) is 0 Å². The minimum Gasteiger partial charge on any atom is -0.504 e. The topological polar surface area (TPSA) is 48.1 Å². The summed E-state index contributed by atoms with van der Waals surface area (Å²) >= 11 is 0. The standard InChI is InChI=1S/C11H14N2O/c1-3-4-9-5-6-11(12)13-10(9)7-8-14-2/h3-8H,1-2H3,(H2,12,13)/b4-3-,8-7+. The number of aromatic nitrogens is 1. The van der Waals surface area contributed by atoms with E-state index >= 15 is 0 Å². The lowest BCUT2D eigenvalue weighted by molar-refractivity contribution is 0.341. The second kappa shape index (κ2) is 5.07. The molecule has 1 rings (SSSR count). The summed E-state index contributed by atoms with van der Waals surface area (Å²) in [6, 6.07) is 3.71. The number of pyridine rings is 1. The fourth-order valence-corrected chi connectivity index (χ4v) is 1.09. The zero-order chi connectivity index (χ0) is 10.4. The van der Waals surface area contributed by atoms with Crippen molar-refractivity contribution in [3.8, 4) is 0 Å². The SMILES string of the molecule is C/C=C\c1ccc(N)nc1/C=C/OC. The zero-order valence-corrected chi connectivity index (χ0v) is 8.40. The second-order valence-corrected chi connectivity index (χ2v) is 2.75. The average Bonchev–Trinajstić information content (AvgIpc) is 2.18. The number of hydrogen-bond donors (Lipinski definition) is 1. The summed E-state index contributed by atoms with van der Waals surface area (Å²) in [6.45, 7) is 1.96. The van der Waals surface area contributed by atoms with Gasteiger partial charge in [-0.05, 0) is 25.1 Å². The highest BCUT2D eigenvalue weighted by Gasteiger charge is 1.97. The number of rotatable bonds is 3. The van der Waals surface area contributed by atoms with Crippen LogP contribution in [0.25, 0.3) is 12.2 Å². The summed E-state index contributed by atoms with van der Waals surface area (Å²) in [4.78, 5) is 4.19. The van der Waals surface area contributed by atoms with E-state index in [2.05, 4.69) is 4.98 Å². The van der Waals surface area contributed by atoms with Crippen LogP contribution in [0.4, 0.5) is 5.82 Å². The highest BCUT2D eigenvalue weighted by atomic mass is 16.5. The van der Waals surface area contributed by atoms with E-state index in [4.69, 9.17) is 10.5 Å². The Hall–Kier alpha value is -1.77. The molecule has 0 atom stereocenters. The van der Waals surface area contributed by atoms with Crippen molar-refractivity contribution in [2.24, 2.45) is 0 Å². The van der Waals surface area contributed by atoms with Crippen molar-refractivity contribution in [2.45, 2.75) is 6.92 Å². The Kier molecular flexibility index (Phi) is 3.73. The first kappa shape index (κ1) is 10.3. The fourth-order valence-electron chi connectivity index (χ4n) is 1.09. The van der Waals surface area contributed by atoms with E-state index in [1.165, 1.54) is 0 Å². The van der Waals surface area contributed by atoms with E-state index in [0.717, 1.165) is 11.3 Å². The molecule has 0 aromatic carbocycles. The van der Waals surface area contributed by atoms with Crippen molar-refractivity contribution >= 4 is 18.0 Å². The third-order valence-corrected chi connectivity index (χ3v) is 1.69. The van der Waals surface area contributed by atoms with Gasteiger partial charge >= 0.3 is 0 Å². The van der Waals surface area contributed by atoms with Crippen LogP contribution in [0.5, 0.6) is 0 Å². The smallest absolute Gasteiger partial charge is 0.124 e. The first-order valence-corrected chi connectivity index (χ1v) is 4.36. The Bertz CT molecular complexity index is 356. The number of nitrogens with two attached hydrogens (primary N) is 1. The average molecular weight is 190 g/mol. The third-order valence-electron chi connectivity index (χ3n) is 1.69. The van der Waals surface area contributed by atoms with Gasteiger partial charge in [-0.3, -0.25) is 0 Å². The maximum Gasteiger partial charge on any atom is 0.124 e. The van der Waals surface area contributed by atoms with Gasteiger partial charge in [-0.15, -0.1) is 0 Å². The van der Waals surface area contributed by atoms with Crippen LogP contribution < -0.4 is 5.73 Å². The van der Waals surface area contributed by atoms with Crippen LogP contribution in [-0.4, -0.2) is 12.1 Å². The normalized spacial score (nSPS) is 11.3. The van der Waals surface area contributed by atoms with Gasteiger partial charge in [0, 0.05) is 5.56 Å². The molecule has 0 amide bonds. The number of anilines is 1. The van der Waals surface area contributed by atoms with Gasteiger partial charge in [-0.25, -0.2) is 4.98 Å². The van der Waals surface area contributed by atoms with E-state index in [9.17, 15) is 0 Å². The van der Waals surface area contributed by atoms with Crippen molar-refractivity contribution in [3.05, 3.63) is 35.7 Å². The predicted octanol–water partition coefficient (Wildman–Crippen LogP) is 2.31. The van der Waals surface area contributed by atoms with Gasteiger partial charge in [0.1, 0.15) is 5.82 Å². The quantitative estimate of drug-likeness (QED) is 0.744. The molecule has 0 unspecified atom stereocenters. The minimum absolute atomic E-state index is 0.508. The lowest BCUT2D eigenvalue weighted by Gasteiger charge is -2.01. The number of hydrogen-bond acceptors (Lipinski definition) is 3. The van der Waals surface area contributed by atoms with E-state index in [0.29, 0.717) is 5.82 Å². The van der Waals surface area contributed by atoms with Crippen LogP contribution >= 0.6 is 0 Å².